The molecule has 1 aliphatic heterocycles. The van der Waals surface area contributed by atoms with Gasteiger partial charge in [0.1, 0.15) is 6.29 Å². The average molecular weight is 170 g/mol. The second kappa shape index (κ2) is 2.81. The summed E-state index contributed by atoms with van der Waals surface area (Å²) in [6.07, 6.45) is 7.50. The molecule has 1 heterocycles. The minimum atomic E-state index is 0.0567. The Labute approximate surface area is 71.9 Å². The van der Waals surface area contributed by atoms with E-state index in [0.717, 1.165) is 12.3 Å². The van der Waals surface area contributed by atoms with Gasteiger partial charge in [0.2, 0.25) is 0 Å². The van der Waals surface area contributed by atoms with Gasteiger partial charge in [-0.05, 0) is 30.9 Å². The van der Waals surface area contributed by atoms with Crippen molar-refractivity contribution in [2.75, 3.05) is 5.75 Å². The second-order valence-electron chi connectivity index (χ2n) is 3.78. The predicted octanol–water partition coefficient (Wildman–Crippen LogP) is 2.25. The molecule has 1 aliphatic carbocycles. The fourth-order valence-corrected chi connectivity index (χ4v) is 3.24. The first kappa shape index (κ1) is 7.66. The lowest BCUT2D eigenvalue weighted by Gasteiger charge is -2.19. The summed E-state index contributed by atoms with van der Waals surface area (Å²) >= 11 is 1.89. The van der Waals surface area contributed by atoms with Crippen molar-refractivity contribution in [1.82, 2.24) is 0 Å². The van der Waals surface area contributed by atoms with E-state index in [1.807, 2.05) is 11.8 Å². The van der Waals surface area contributed by atoms with Gasteiger partial charge in [-0.2, -0.15) is 0 Å². The van der Waals surface area contributed by atoms with Crippen molar-refractivity contribution < 1.29 is 4.79 Å². The Kier molecular flexibility index (Phi) is 1.96. The molecule has 2 heteroatoms. The van der Waals surface area contributed by atoms with Gasteiger partial charge in [-0.15, -0.1) is 11.8 Å². The van der Waals surface area contributed by atoms with Crippen molar-refractivity contribution in [3.63, 3.8) is 0 Å². The number of rotatable bonds is 3. The van der Waals surface area contributed by atoms with Crippen LogP contribution >= 0.6 is 11.8 Å². The number of aldehydes is 1. The zero-order chi connectivity index (χ0) is 7.73. The highest BCUT2D eigenvalue weighted by molar-refractivity contribution is 8.01. The Morgan fingerprint density at radius 2 is 2.36 bits per heavy atom. The van der Waals surface area contributed by atoms with Gasteiger partial charge >= 0.3 is 0 Å². The van der Waals surface area contributed by atoms with Crippen molar-refractivity contribution in [3.8, 4) is 0 Å². The molecule has 62 valence electrons. The second-order valence-corrected chi connectivity index (χ2v) is 5.29. The van der Waals surface area contributed by atoms with Gasteiger partial charge in [0.25, 0.3) is 0 Å². The standard InChI is InChI=1S/C9H14OS/c10-7-9(4-1-5-11-9)6-8-2-3-8/h7-8H,1-6H2. The first-order valence-electron chi connectivity index (χ1n) is 4.45. The fraction of sp³-hybridized carbons (Fsp3) is 0.889. The van der Waals surface area contributed by atoms with E-state index in [9.17, 15) is 4.79 Å². The Morgan fingerprint density at radius 3 is 2.82 bits per heavy atom. The molecule has 1 atom stereocenters. The van der Waals surface area contributed by atoms with Crippen LogP contribution in [0.3, 0.4) is 0 Å². The maximum Gasteiger partial charge on any atom is 0.136 e. The quantitative estimate of drug-likeness (QED) is 0.604. The van der Waals surface area contributed by atoms with Gasteiger partial charge in [0, 0.05) is 0 Å². The average Bonchev–Trinajstić information content (AvgIpc) is 2.68. The molecular weight excluding hydrogens is 156 g/mol. The van der Waals surface area contributed by atoms with E-state index in [2.05, 4.69) is 0 Å². The van der Waals surface area contributed by atoms with E-state index >= 15 is 0 Å². The van der Waals surface area contributed by atoms with Gasteiger partial charge < -0.3 is 4.79 Å². The highest BCUT2D eigenvalue weighted by atomic mass is 32.2. The first-order valence-corrected chi connectivity index (χ1v) is 5.43. The smallest absolute Gasteiger partial charge is 0.136 e. The Balaban J connectivity index is 1.96. The highest BCUT2D eigenvalue weighted by Crippen LogP contribution is 2.47. The fourth-order valence-electron chi connectivity index (χ4n) is 1.83. The SMILES string of the molecule is O=CC1(CC2CC2)CCCS1. The Hall–Kier alpha value is 0.0200. The summed E-state index contributed by atoms with van der Waals surface area (Å²) in [6, 6.07) is 0. The number of carbonyl (C=O) groups excluding carboxylic acids is 1. The van der Waals surface area contributed by atoms with Gasteiger partial charge in [-0.25, -0.2) is 0 Å². The largest absolute Gasteiger partial charge is 0.302 e. The third-order valence-electron chi connectivity index (χ3n) is 2.68. The van der Waals surface area contributed by atoms with Gasteiger partial charge in [-0.1, -0.05) is 12.8 Å². The van der Waals surface area contributed by atoms with Crippen molar-refractivity contribution in [2.24, 2.45) is 5.92 Å². The number of hydrogen-bond donors (Lipinski definition) is 0. The van der Waals surface area contributed by atoms with Crippen LogP contribution in [0.15, 0.2) is 0 Å². The van der Waals surface area contributed by atoms with Gasteiger partial charge in [0.05, 0.1) is 4.75 Å². The number of hydrogen-bond acceptors (Lipinski definition) is 2. The van der Waals surface area contributed by atoms with Crippen LogP contribution in [0.4, 0.5) is 0 Å². The number of thioether (sulfide) groups is 1. The van der Waals surface area contributed by atoms with E-state index in [0.29, 0.717) is 0 Å². The maximum atomic E-state index is 10.9. The molecule has 0 N–H and O–H groups in total. The van der Waals surface area contributed by atoms with Crippen molar-refractivity contribution in [3.05, 3.63) is 0 Å². The van der Waals surface area contributed by atoms with Crippen LogP contribution in [-0.4, -0.2) is 16.8 Å². The summed E-state index contributed by atoms with van der Waals surface area (Å²) in [5.74, 6) is 2.09. The van der Waals surface area contributed by atoms with E-state index in [4.69, 9.17) is 0 Å². The first-order chi connectivity index (χ1) is 5.35. The van der Waals surface area contributed by atoms with Gasteiger partial charge in [-0.3, -0.25) is 0 Å². The van der Waals surface area contributed by atoms with Crippen molar-refractivity contribution in [1.29, 1.82) is 0 Å². The molecule has 1 saturated carbocycles. The van der Waals surface area contributed by atoms with E-state index in [1.54, 1.807) is 0 Å². The summed E-state index contributed by atoms with van der Waals surface area (Å²) < 4.78 is 0.0567. The molecule has 0 spiro atoms. The van der Waals surface area contributed by atoms with Crippen molar-refractivity contribution in [2.45, 2.75) is 36.9 Å². The van der Waals surface area contributed by atoms with Crippen LogP contribution in [-0.2, 0) is 4.79 Å². The molecule has 11 heavy (non-hydrogen) atoms. The van der Waals surface area contributed by atoms with E-state index in [1.165, 1.54) is 37.7 Å². The molecule has 0 aromatic heterocycles. The molecular formula is C9H14OS. The molecule has 1 saturated heterocycles. The summed E-state index contributed by atoms with van der Waals surface area (Å²) in [5, 5.41) is 0. The predicted molar refractivity (Wildman–Crippen MR) is 47.8 cm³/mol. The molecule has 2 aliphatic rings. The minimum absolute atomic E-state index is 0.0567. The minimum Gasteiger partial charge on any atom is -0.302 e. The molecule has 0 amide bonds. The van der Waals surface area contributed by atoms with Crippen LogP contribution in [0.25, 0.3) is 0 Å². The normalized spacial score (nSPS) is 37.5. The van der Waals surface area contributed by atoms with Crippen molar-refractivity contribution >= 4 is 18.0 Å². The molecule has 0 bridgehead atoms. The maximum absolute atomic E-state index is 10.9. The van der Waals surface area contributed by atoms with Crippen LogP contribution < -0.4 is 0 Å². The third-order valence-corrected chi connectivity index (χ3v) is 4.21. The Morgan fingerprint density at radius 1 is 1.55 bits per heavy atom. The summed E-state index contributed by atoms with van der Waals surface area (Å²) in [6.45, 7) is 0. The highest BCUT2D eigenvalue weighted by Gasteiger charge is 2.39. The molecule has 1 nitrogen and oxygen atoms in total. The topological polar surface area (TPSA) is 17.1 Å². The lowest BCUT2D eigenvalue weighted by molar-refractivity contribution is -0.110. The summed E-state index contributed by atoms with van der Waals surface area (Å²) in [4.78, 5) is 10.9. The van der Waals surface area contributed by atoms with E-state index < -0.39 is 0 Å². The number of carbonyl (C=O) groups is 1. The lowest BCUT2D eigenvalue weighted by atomic mass is 9.98. The Bertz CT molecular complexity index is 157. The van der Waals surface area contributed by atoms with Gasteiger partial charge in [0.15, 0.2) is 0 Å². The van der Waals surface area contributed by atoms with Crippen LogP contribution in [0.5, 0.6) is 0 Å². The lowest BCUT2D eigenvalue weighted by Crippen LogP contribution is -2.23. The zero-order valence-electron chi connectivity index (χ0n) is 6.71. The molecule has 2 fully saturated rings. The van der Waals surface area contributed by atoms with Crippen LogP contribution in [0.2, 0.25) is 0 Å². The molecule has 1 unspecified atom stereocenters. The monoisotopic (exact) mass is 170 g/mol. The summed E-state index contributed by atoms with van der Waals surface area (Å²) in [7, 11) is 0. The molecule has 0 aromatic carbocycles. The third kappa shape index (κ3) is 1.61. The van der Waals surface area contributed by atoms with Crippen LogP contribution in [0.1, 0.15) is 32.1 Å². The summed E-state index contributed by atoms with van der Waals surface area (Å²) in [5.41, 5.74) is 0. The molecule has 0 aromatic rings. The zero-order valence-corrected chi connectivity index (χ0v) is 7.53. The molecule has 0 radical (unpaired) electrons. The van der Waals surface area contributed by atoms with Crippen LogP contribution in [0, 0.1) is 5.92 Å². The molecule has 2 rings (SSSR count). The van der Waals surface area contributed by atoms with E-state index in [-0.39, 0.29) is 4.75 Å².